The molecule has 3 nitrogen and oxygen atoms in total. The Morgan fingerprint density at radius 3 is 2.04 bits per heavy atom. The summed E-state index contributed by atoms with van der Waals surface area (Å²) < 4.78 is 10.7. The van der Waals surface area contributed by atoms with E-state index in [4.69, 9.17) is 9.47 Å². The van der Waals surface area contributed by atoms with Gasteiger partial charge in [0.05, 0.1) is 12.2 Å². The Morgan fingerprint density at radius 1 is 0.917 bits per heavy atom. The molecule has 1 heterocycles. The summed E-state index contributed by atoms with van der Waals surface area (Å²) in [6, 6.07) is 0. The highest BCUT2D eigenvalue weighted by atomic mass is 16.6. The third-order valence-corrected chi connectivity index (χ3v) is 4.76. The van der Waals surface area contributed by atoms with Crippen LogP contribution in [0.1, 0.15) is 96.8 Å². The Bertz CT molecular complexity index is 327. The molecular weight excluding hydrogens is 300 g/mol. The van der Waals surface area contributed by atoms with Crippen LogP contribution in [0, 0.1) is 0 Å². The second kappa shape index (κ2) is 14.5. The molecule has 1 fully saturated rings. The summed E-state index contributed by atoms with van der Waals surface area (Å²) in [6.45, 7) is 6.13. The second-order valence-electron chi connectivity index (χ2n) is 7.05. The van der Waals surface area contributed by atoms with Crippen molar-refractivity contribution in [2.45, 2.75) is 109 Å². The molecule has 3 heteroatoms. The van der Waals surface area contributed by atoms with E-state index in [0.717, 1.165) is 12.8 Å². The molecule has 2 atom stereocenters. The summed E-state index contributed by atoms with van der Waals surface area (Å²) in [4.78, 5) is 11.3. The van der Waals surface area contributed by atoms with Gasteiger partial charge in [0, 0.05) is 6.42 Å². The van der Waals surface area contributed by atoms with Crippen LogP contribution < -0.4 is 0 Å². The van der Waals surface area contributed by atoms with Gasteiger partial charge in [0.25, 0.3) is 0 Å². The maximum Gasteiger partial charge on any atom is 0.306 e. The SMILES string of the molecule is C=CCOC(=O)CCCCCCC[C@H]1O[C@@H]1CCCCCCCC. The Hall–Kier alpha value is -0.830. The van der Waals surface area contributed by atoms with Gasteiger partial charge in [-0.05, 0) is 19.3 Å². The van der Waals surface area contributed by atoms with Crippen molar-refractivity contribution in [3.8, 4) is 0 Å². The van der Waals surface area contributed by atoms with Crippen LogP contribution in [0.25, 0.3) is 0 Å². The van der Waals surface area contributed by atoms with Crippen LogP contribution in [-0.2, 0) is 14.3 Å². The number of hydrogen-bond donors (Lipinski definition) is 0. The maximum absolute atomic E-state index is 11.3. The first-order valence-electron chi connectivity index (χ1n) is 10.2. The monoisotopic (exact) mass is 338 g/mol. The highest BCUT2D eigenvalue weighted by Crippen LogP contribution is 2.31. The minimum Gasteiger partial charge on any atom is -0.461 e. The standard InChI is InChI=1S/C21H38O3/c1-3-5-6-7-9-12-15-19-20(24-19)16-13-10-8-11-14-17-21(22)23-18-4-2/h4,19-20H,2-3,5-18H2,1H3/t19-,20-/m1/s1. The maximum atomic E-state index is 11.3. The molecule has 0 aromatic rings. The number of hydrogen-bond acceptors (Lipinski definition) is 3. The summed E-state index contributed by atoms with van der Waals surface area (Å²) in [7, 11) is 0. The van der Waals surface area contributed by atoms with Crippen molar-refractivity contribution >= 4 is 5.97 Å². The van der Waals surface area contributed by atoms with Crippen molar-refractivity contribution in [1.82, 2.24) is 0 Å². The predicted molar refractivity (Wildman–Crippen MR) is 100 cm³/mol. The molecule has 1 aliphatic rings. The number of ether oxygens (including phenoxy) is 2. The number of carbonyl (C=O) groups is 1. The molecule has 0 radical (unpaired) electrons. The predicted octanol–water partition coefficient (Wildman–Crippen LogP) is 5.96. The van der Waals surface area contributed by atoms with Crippen LogP contribution in [0.2, 0.25) is 0 Å². The first-order valence-corrected chi connectivity index (χ1v) is 10.2. The molecule has 0 spiro atoms. The summed E-state index contributed by atoms with van der Waals surface area (Å²) in [6.07, 6.45) is 19.8. The van der Waals surface area contributed by atoms with Crippen LogP contribution in [0.5, 0.6) is 0 Å². The lowest BCUT2D eigenvalue weighted by molar-refractivity contribution is -0.142. The molecule has 0 unspecified atom stereocenters. The molecule has 0 N–H and O–H groups in total. The van der Waals surface area contributed by atoms with Crippen LogP contribution in [0.4, 0.5) is 0 Å². The lowest BCUT2D eigenvalue weighted by Crippen LogP contribution is -2.03. The van der Waals surface area contributed by atoms with E-state index in [1.165, 1.54) is 70.6 Å². The number of unbranched alkanes of at least 4 members (excludes halogenated alkanes) is 9. The summed E-state index contributed by atoms with van der Waals surface area (Å²) in [5, 5.41) is 0. The van der Waals surface area contributed by atoms with E-state index in [1.807, 2.05) is 0 Å². The number of epoxide rings is 1. The molecule has 0 aromatic heterocycles. The van der Waals surface area contributed by atoms with E-state index in [1.54, 1.807) is 6.08 Å². The van der Waals surface area contributed by atoms with Gasteiger partial charge in [0.15, 0.2) is 0 Å². The second-order valence-corrected chi connectivity index (χ2v) is 7.05. The van der Waals surface area contributed by atoms with Gasteiger partial charge in [-0.25, -0.2) is 0 Å². The highest BCUT2D eigenvalue weighted by molar-refractivity contribution is 5.69. The van der Waals surface area contributed by atoms with Crippen LogP contribution in [0.15, 0.2) is 12.7 Å². The van der Waals surface area contributed by atoms with Crippen molar-refractivity contribution < 1.29 is 14.3 Å². The quantitative estimate of drug-likeness (QED) is 0.142. The van der Waals surface area contributed by atoms with E-state index in [9.17, 15) is 4.79 Å². The Morgan fingerprint density at radius 2 is 1.46 bits per heavy atom. The van der Waals surface area contributed by atoms with Crippen molar-refractivity contribution in [2.75, 3.05) is 6.61 Å². The average Bonchev–Trinajstić information content (AvgIpc) is 3.33. The summed E-state index contributed by atoms with van der Waals surface area (Å²) >= 11 is 0. The van der Waals surface area contributed by atoms with E-state index < -0.39 is 0 Å². The van der Waals surface area contributed by atoms with Crippen LogP contribution in [-0.4, -0.2) is 24.8 Å². The minimum atomic E-state index is -0.0983. The van der Waals surface area contributed by atoms with E-state index in [0.29, 0.717) is 25.2 Å². The van der Waals surface area contributed by atoms with Crippen molar-refractivity contribution in [3.05, 3.63) is 12.7 Å². The Balaban J connectivity index is 1.78. The molecule has 140 valence electrons. The van der Waals surface area contributed by atoms with Gasteiger partial charge in [0.1, 0.15) is 6.61 Å². The van der Waals surface area contributed by atoms with Gasteiger partial charge < -0.3 is 9.47 Å². The van der Waals surface area contributed by atoms with Crippen LogP contribution >= 0.6 is 0 Å². The van der Waals surface area contributed by atoms with Gasteiger partial charge in [-0.2, -0.15) is 0 Å². The van der Waals surface area contributed by atoms with Crippen molar-refractivity contribution in [1.29, 1.82) is 0 Å². The molecule has 1 aliphatic heterocycles. The van der Waals surface area contributed by atoms with Crippen molar-refractivity contribution in [2.24, 2.45) is 0 Å². The smallest absolute Gasteiger partial charge is 0.306 e. The first kappa shape index (κ1) is 21.2. The van der Waals surface area contributed by atoms with Crippen molar-refractivity contribution in [3.63, 3.8) is 0 Å². The summed E-state index contributed by atoms with van der Waals surface area (Å²) in [5.74, 6) is -0.0983. The van der Waals surface area contributed by atoms with E-state index in [2.05, 4.69) is 13.5 Å². The normalized spacial score (nSPS) is 19.2. The molecule has 0 amide bonds. The van der Waals surface area contributed by atoms with E-state index in [-0.39, 0.29) is 5.97 Å². The topological polar surface area (TPSA) is 38.8 Å². The Kier molecular flexibility index (Phi) is 12.8. The minimum absolute atomic E-state index is 0.0983. The van der Waals surface area contributed by atoms with Crippen LogP contribution in [0.3, 0.4) is 0 Å². The zero-order chi connectivity index (χ0) is 17.5. The zero-order valence-corrected chi connectivity index (χ0v) is 15.8. The number of rotatable bonds is 17. The zero-order valence-electron chi connectivity index (χ0n) is 15.8. The molecule has 1 saturated heterocycles. The molecule has 0 bridgehead atoms. The van der Waals surface area contributed by atoms with Gasteiger partial charge in [-0.3, -0.25) is 4.79 Å². The van der Waals surface area contributed by atoms with Gasteiger partial charge in [-0.15, -0.1) is 0 Å². The van der Waals surface area contributed by atoms with Gasteiger partial charge in [-0.1, -0.05) is 83.8 Å². The molecule has 0 aromatic carbocycles. The highest BCUT2D eigenvalue weighted by Gasteiger charge is 2.36. The fourth-order valence-electron chi connectivity index (χ4n) is 3.18. The molecule has 0 saturated carbocycles. The van der Waals surface area contributed by atoms with Gasteiger partial charge >= 0.3 is 5.97 Å². The molecule has 24 heavy (non-hydrogen) atoms. The molecule has 1 rings (SSSR count). The first-order chi connectivity index (χ1) is 11.8. The summed E-state index contributed by atoms with van der Waals surface area (Å²) in [5.41, 5.74) is 0. The lowest BCUT2D eigenvalue weighted by atomic mass is 10.0. The number of esters is 1. The third kappa shape index (κ3) is 11.7. The fraction of sp³-hybridized carbons (Fsp3) is 0.857. The Labute approximate surface area is 149 Å². The number of carbonyl (C=O) groups excluding carboxylic acids is 1. The van der Waals surface area contributed by atoms with Gasteiger partial charge in [0.2, 0.25) is 0 Å². The van der Waals surface area contributed by atoms with E-state index >= 15 is 0 Å². The average molecular weight is 339 g/mol. The fourth-order valence-corrected chi connectivity index (χ4v) is 3.18. The third-order valence-electron chi connectivity index (χ3n) is 4.76. The molecule has 0 aliphatic carbocycles. The largest absolute Gasteiger partial charge is 0.461 e. The molecular formula is C21H38O3. The lowest BCUT2D eigenvalue weighted by Gasteiger charge is -2.02.